The molecule has 1 rings (SSSR count). The predicted octanol–water partition coefficient (Wildman–Crippen LogP) is 5.07. The van der Waals surface area contributed by atoms with Crippen molar-refractivity contribution in [2.24, 2.45) is 0 Å². The van der Waals surface area contributed by atoms with Gasteiger partial charge in [-0.2, -0.15) is 6.08 Å². The van der Waals surface area contributed by atoms with Gasteiger partial charge in [0.1, 0.15) is 0 Å². The molecule has 0 aliphatic heterocycles. The van der Waals surface area contributed by atoms with Gasteiger partial charge in [-0.15, -0.1) is 36.8 Å². The smallest absolute Gasteiger partial charge is 0.673 e. The van der Waals surface area contributed by atoms with Gasteiger partial charge in [0.2, 0.25) is 0 Å². The van der Waals surface area contributed by atoms with Gasteiger partial charge in [0, 0.05) is 8.80 Å². The molecule has 0 heterocycles. The van der Waals surface area contributed by atoms with Crippen molar-refractivity contribution < 1.29 is 26.2 Å². The molecular formula is C14H35Cl2NSi2Zr. The molecule has 1 aliphatic carbocycles. The Labute approximate surface area is 167 Å². The summed E-state index contributed by atoms with van der Waals surface area (Å²) in [5, 5.41) is 0. The minimum atomic E-state index is -0.250. The number of halogens is 2. The van der Waals surface area contributed by atoms with Crippen LogP contribution in [0.1, 0.15) is 27.2 Å². The third-order valence-corrected chi connectivity index (χ3v) is 0.586. The molecule has 0 aromatic rings. The van der Waals surface area contributed by atoms with Gasteiger partial charge < -0.3 is 20.6 Å². The SMILES string of the molecule is CC(C)(C)[NH-].C[Si](C)C.Cl.Cl.[C-]1=CC=CC1.[CH3-].[CH3-].[SiH3].[Zr+4]. The molecule has 6 heteroatoms. The zero-order chi connectivity index (χ0) is 11.6. The minimum Gasteiger partial charge on any atom is -0.673 e. The van der Waals surface area contributed by atoms with Crippen LogP contribution in [-0.4, -0.2) is 25.3 Å². The molecule has 122 valence electrons. The fourth-order valence-corrected chi connectivity index (χ4v) is 0.340. The molecule has 0 spiro atoms. The van der Waals surface area contributed by atoms with E-state index in [2.05, 4.69) is 31.8 Å². The summed E-state index contributed by atoms with van der Waals surface area (Å²) in [5.41, 5.74) is 6.69. The molecule has 1 nitrogen and oxygen atoms in total. The first-order valence-corrected chi connectivity index (χ1v) is 7.97. The summed E-state index contributed by atoms with van der Waals surface area (Å²) in [6.45, 7) is 12.4. The zero-order valence-corrected chi connectivity index (χ0v) is 21.8. The molecule has 0 saturated heterocycles. The average Bonchev–Trinajstić information content (AvgIpc) is 2.32. The van der Waals surface area contributed by atoms with Crippen molar-refractivity contribution in [1.82, 2.24) is 0 Å². The Morgan fingerprint density at radius 2 is 1.30 bits per heavy atom. The summed E-state index contributed by atoms with van der Waals surface area (Å²) in [7, 11) is 0.120. The van der Waals surface area contributed by atoms with E-state index in [1.165, 1.54) is 0 Å². The maximum atomic E-state index is 6.94. The van der Waals surface area contributed by atoms with Crippen LogP contribution in [0.4, 0.5) is 0 Å². The second-order valence-electron chi connectivity index (χ2n) is 4.75. The molecule has 2 radical (unpaired) electrons. The van der Waals surface area contributed by atoms with E-state index in [9.17, 15) is 0 Å². The van der Waals surface area contributed by atoms with E-state index in [-0.39, 0.29) is 91.2 Å². The molecular weight excluding hydrogens is 400 g/mol. The average molecular weight is 436 g/mol. The Bertz CT molecular complexity index is 164. The summed E-state index contributed by atoms with van der Waals surface area (Å²) in [6, 6.07) is 0. The van der Waals surface area contributed by atoms with E-state index >= 15 is 0 Å². The van der Waals surface area contributed by atoms with Crippen molar-refractivity contribution in [3.8, 4) is 0 Å². The standard InChI is InChI=1S/C5H5.C4H10N.C3H9Si.2CH3.2ClH.H3Si.Zr/c1-2-4-5-3-1;1-4(2,3)5;1-4(2)3;;;;;;/h1-3H,4H2;5H,1-3H3;1-3H3;2*1H3;2*1H;1H3;/q2*-1;;2*-1;;;;+4. The van der Waals surface area contributed by atoms with Gasteiger partial charge in [0.25, 0.3) is 0 Å². The number of hydrogen-bond donors (Lipinski definition) is 0. The van der Waals surface area contributed by atoms with Crippen LogP contribution in [-0.2, 0) is 26.2 Å². The van der Waals surface area contributed by atoms with Gasteiger partial charge in [0.15, 0.2) is 0 Å². The van der Waals surface area contributed by atoms with Crippen molar-refractivity contribution in [3.63, 3.8) is 0 Å². The van der Waals surface area contributed by atoms with Crippen LogP contribution in [0.25, 0.3) is 5.73 Å². The van der Waals surface area contributed by atoms with Crippen LogP contribution in [0.15, 0.2) is 18.2 Å². The Morgan fingerprint density at radius 1 is 1.05 bits per heavy atom. The van der Waals surface area contributed by atoms with Crippen molar-refractivity contribution in [2.45, 2.75) is 52.4 Å². The predicted molar refractivity (Wildman–Crippen MR) is 106 cm³/mol. The van der Waals surface area contributed by atoms with Crippen LogP contribution in [0.5, 0.6) is 0 Å². The Morgan fingerprint density at radius 3 is 1.35 bits per heavy atom. The van der Waals surface area contributed by atoms with Crippen LogP contribution in [0, 0.1) is 20.9 Å². The fourth-order valence-electron chi connectivity index (χ4n) is 0.340. The molecule has 0 unspecified atom stereocenters. The third-order valence-electron chi connectivity index (χ3n) is 0.586. The monoisotopic (exact) mass is 433 g/mol. The molecule has 0 bridgehead atoms. The normalized spacial score (nSPS) is 9.20. The van der Waals surface area contributed by atoms with E-state index in [4.69, 9.17) is 5.73 Å². The molecule has 0 aromatic heterocycles. The van der Waals surface area contributed by atoms with Gasteiger partial charge in [-0.05, 0) is 11.0 Å². The largest absolute Gasteiger partial charge is 4.00 e. The molecule has 0 amide bonds. The molecule has 0 fully saturated rings. The van der Waals surface area contributed by atoms with E-state index in [0.29, 0.717) is 0 Å². The van der Waals surface area contributed by atoms with Crippen molar-refractivity contribution >= 4 is 44.6 Å². The molecule has 1 N–H and O–H groups in total. The first kappa shape index (κ1) is 49.6. The topological polar surface area (TPSA) is 23.8 Å². The maximum Gasteiger partial charge on any atom is 4.00 e. The molecule has 20 heavy (non-hydrogen) atoms. The number of rotatable bonds is 0. The summed E-state index contributed by atoms with van der Waals surface area (Å²) in [5.74, 6) is 0. The van der Waals surface area contributed by atoms with Gasteiger partial charge in [-0.1, -0.05) is 40.4 Å². The van der Waals surface area contributed by atoms with E-state index in [1.54, 1.807) is 0 Å². The molecule has 0 saturated carbocycles. The second kappa shape index (κ2) is 32.3. The van der Waals surface area contributed by atoms with Crippen LogP contribution >= 0.6 is 24.8 Å². The van der Waals surface area contributed by atoms with Gasteiger partial charge in [-0.25, -0.2) is 12.2 Å². The second-order valence-corrected chi connectivity index (χ2v) is 7.75. The van der Waals surface area contributed by atoms with Crippen LogP contribution in [0.2, 0.25) is 19.6 Å². The van der Waals surface area contributed by atoms with Crippen molar-refractivity contribution in [3.05, 3.63) is 44.9 Å². The van der Waals surface area contributed by atoms with E-state index in [0.717, 1.165) is 6.42 Å². The summed E-state index contributed by atoms with van der Waals surface area (Å²) >= 11 is 0. The van der Waals surface area contributed by atoms with Crippen LogP contribution < -0.4 is 0 Å². The minimum absolute atomic E-state index is 0. The third kappa shape index (κ3) is 162. The number of nitrogens with one attached hydrogen (secondary N) is 1. The Balaban J connectivity index is -0.0000000157. The first-order valence-electron chi connectivity index (χ1n) is 4.97. The Hall–Kier alpha value is 1.34. The van der Waals surface area contributed by atoms with Gasteiger partial charge in [0.05, 0.1) is 0 Å². The van der Waals surface area contributed by atoms with Crippen LogP contribution in [0.3, 0.4) is 0 Å². The fraction of sp³-hybridized carbons (Fsp3) is 0.571. The van der Waals surface area contributed by atoms with Crippen molar-refractivity contribution in [2.75, 3.05) is 0 Å². The summed E-state index contributed by atoms with van der Waals surface area (Å²) < 4.78 is 0. The zero-order valence-electron chi connectivity index (χ0n) is 14.8. The number of hydrogen-bond acceptors (Lipinski definition) is 0. The Kier molecular flexibility index (Phi) is 80.2. The summed E-state index contributed by atoms with van der Waals surface area (Å²) in [4.78, 5) is 0. The quantitative estimate of drug-likeness (QED) is 0.375. The van der Waals surface area contributed by atoms with Gasteiger partial charge >= 0.3 is 26.2 Å². The van der Waals surface area contributed by atoms with E-state index < -0.39 is 0 Å². The van der Waals surface area contributed by atoms with Crippen molar-refractivity contribution in [1.29, 1.82) is 0 Å². The van der Waals surface area contributed by atoms with E-state index in [1.807, 2.05) is 32.9 Å². The first-order chi connectivity index (χ1) is 6.23. The van der Waals surface area contributed by atoms with Gasteiger partial charge in [-0.3, -0.25) is 6.08 Å². The number of allylic oxidation sites excluding steroid dienone is 4. The summed E-state index contributed by atoms with van der Waals surface area (Å²) in [6.07, 6.45) is 10.0. The molecule has 1 aliphatic rings. The maximum absolute atomic E-state index is 6.94. The molecule has 0 aromatic carbocycles. The molecule has 0 atom stereocenters.